The van der Waals surface area contributed by atoms with Crippen molar-refractivity contribution in [2.45, 2.75) is 13.5 Å². The fourth-order valence-corrected chi connectivity index (χ4v) is 2.58. The lowest BCUT2D eigenvalue weighted by Crippen LogP contribution is -2.12. The lowest BCUT2D eigenvalue weighted by atomic mass is 10.2. The van der Waals surface area contributed by atoms with Gasteiger partial charge in [-0.3, -0.25) is 4.79 Å². The van der Waals surface area contributed by atoms with E-state index in [0.29, 0.717) is 23.7 Å². The summed E-state index contributed by atoms with van der Waals surface area (Å²) in [6.45, 7) is 2.39. The molecule has 1 amide bonds. The third-order valence-corrected chi connectivity index (χ3v) is 3.78. The van der Waals surface area contributed by atoms with Gasteiger partial charge in [-0.05, 0) is 18.6 Å². The summed E-state index contributed by atoms with van der Waals surface area (Å²) in [5.41, 5.74) is 2.31. The molecule has 0 radical (unpaired) electrons. The highest BCUT2D eigenvalue weighted by Gasteiger charge is 2.12. The molecule has 7 nitrogen and oxygen atoms in total. The van der Waals surface area contributed by atoms with Crippen molar-refractivity contribution in [1.29, 1.82) is 0 Å². The number of aryl methyl sites for hydroxylation is 1. The van der Waals surface area contributed by atoms with Crippen LogP contribution in [0, 0.1) is 6.92 Å². The largest absolute Gasteiger partial charge is 0.360 e. The van der Waals surface area contributed by atoms with Gasteiger partial charge in [-0.25, -0.2) is 9.67 Å². The van der Waals surface area contributed by atoms with E-state index >= 15 is 0 Å². The van der Waals surface area contributed by atoms with Crippen LogP contribution in [-0.2, 0) is 6.54 Å². The predicted octanol–water partition coefficient (Wildman–Crippen LogP) is 3.03. The van der Waals surface area contributed by atoms with Gasteiger partial charge in [0.05, 0.1) is 18.3 Å². The molecule has 0 fully saturated rings. The second-order valence-electron chi connectivity index (χ2n) is 5.70. The van der Waals surface area contributed by atoms with Crippen molar-refractivity contribution in [3.63, 3.8) is 0 Å². The van der Waals surface area contributed by atoms with Crippen molar-refractivity contribution >= 4 is 22.8 Å². The van der Waals surface area contributed by atoms with Crippen molar-refractivity contribution in [2.75, 3.05) is 5.32 Å². The maximum absolute atomic E-state index is 12.3. The number of pyridine rings is 1. The van der Waals surface area contributed by atoms with E-state index in [1.165, 1.54) is 6.20 Å². The minimum atomic E-state index is -0.293. The van der Waals surface area contributed by atoms with E-state index in [1.54, 1.807) is 25.3 Å². The van der Waals surface area contributed by atoms with Crippen molar-refractivity contribution < 1.29 is 9.32 Å². The Labute approximate surface area is 143 Å². The summed E-state index contributed by atoms with van der Waals surface area (Å²) < 4.78 is 6.75. The van der Waals surface area contributed by atoms with Gasteiger partial charge in [0, 0.05) is 17.6 Å². The summed E-state index contributed by atoms with van der Waals surface area (Å²) in [5, 5.41) is 11.6. The Morgan fingerprint density at radius 3 is 2.80 bits per heavy atom. The molecule has 1 N–H and O–H groups in total. The van der Waals surface area contributed by atoms with Crippen molar-refractivity contribution in [2.24, 2.45) is 0 Å². The Hall–Kier alpha value is -3.48. The number of nitrogens with zero attached hydrogens (tertiary/aromatic N) is 4. The second-order valence-corrected chi connectivity index (χ2v) is 5.70. The summed E-state index contributed by atoms with van der Waals surface area (Å²) in [4.78, 5) is 16.7. The van der Waals surface area contributed by atoms with Crippen LogP contribution in [0.25, 0.3) is 11.0 Å². The summed E-state index contributed by atoms with van der Waals surface area (Å²) in [7, 11) is 0. The topological polar surface area (TPSA) is 85.8 Å². The standard InChI is InChI=1S/C18H15N5O2/c1-12-7-16(22-25-12)21-18(24)15-8-14-10-20-23(17(14)19-9-15)11-13-5-3-2-4-6-13/h2-10H,11H2,1H3,(H,21,22,24). The quantitative estimate of drug-likeness (QED) is 0.620. The molecule has 25 heavy (non-hydrogen) atoms. The molecule has 7 heteroatoms. The molecule has 3 heterocycles. The van der Waals surface area contributed by atoms with Crippen LogP contribution >= 0.6 is 0 Å². The van der Waals surface area contributed by atoms with Crippen LogP contribution in [-0.4, -0.2) is 25.8 Å². The normalized spacial score (nSPS) is 10.9. The van der Waals surface area contributed by atoms with E-state index in [0.717, 1.165) is 16.6 Å². The molecule has 0 aliphatic heterocycles. The first-order valence-electron chi connectivity index (χ1n) is 7.79. The Bertz CT molecular complexity index is 1040. The number of rotatable bonds is 4. The zero-order valence-electron chi connectivity index (χ0n) is 13.5. The van der Waals surface area contributed by atoms with Crippen molar-refractivity contribution in [3.8, 4) is 0 Å². The maximum Gasteiger partial charge on any atom is 0.258 e. The molecule has 0 aliphatic rings. The molecule has 124 valence electrons. The molecular weight excluding hydrogens is 318 g/mol. The van der Waals surface area contributed by atoms with E-state index in [4.69, 9.17) is 4.52 Å². The first-order valence-corrected chi connectivity index (χ1v) is 7.79. The fourth-order valence-electron chi connectivity index (χ4n) is 2.58. The van der Waals surface area contributed by atoms with Gasteiger partial charge >= 0.3 is 0 Å². The predicted molar refractivity (Wildman–Crippen MR) is 92.3 cm³/mol. The number of nitrogens with one attached hydrogen (secondary N) is 1. The zero-order valence-corrected chi connectivity index (χ0v) is 13.5. The molecule has 0 bridgehead atoms. The third-order valence-electron chi connectivity index (χ3n) is 3.78. The molecule has 0 saturated heterocycles. The number of aromatic nitrogens is 4. The number of amides is 1. The van der Waals surface area contributed by atoms with Gasteiger partial charge < -0.3 is 9.84 Å². The fraction of sp³-hybridized carbons (Fsp3) is 0.111. The lowest BCUT2D eigenvalue weighted by molar-refractivity contribution is 0.102. The average Bonchev–Trinajstić information content (AvgIpc) is 3.22. The van der Waals surface area contributed by atoms with Crippen LogP contribution in [0.2, 0.25) is 0 Å². The number of fused-ring (bicyclic) bond motifs is 1. The molecule has 0 spiro atoms. The molecule has 0 saturated carbocycles. The first-order chi connectivity index (χ1) is 12.2. The van der Waals surface area contributed by atoms with Crippen LogP contribution < -0.4 is 5.32 Å². The number of anilines is 1. The van der Waals surface area contributed by atoms with Crippen LogP contribution in [0.5, 0.6) is 0 Å². The first kappa shape index (κ1) is 15.1. The van der Waals surface area contributed by atoms with Gasteiger partial charge in [0.2, 0.25) is 0 Å². The highest BCUT2D eigenvalue weighted by atomic mass is 16.5. The second kappa shape index (κ2) is 6.20. The van der Waals surface area contributed by atoms with Crippen LogP contribution in [0.15, 0.2) is 59.4 Å². The molecule has 0 unspecified atom stereocenters. The minimum Gasteiger partial charge on any atom is -0.360 e. The van der Waals surface area contributed by atoms with Gasteiger partial charge in [-0.1, -0.05) is 35.5 Å². The number of hydrogen-bond donors (Lipinski definition) is 1. The van der Waals surface area contributed by atoms with E-state index in [9.17, 15) is 4.79 Å². The van der Waals surface area contributed by atoms with Crippen LogP contribution in [0.1, 0.15) is 21.7 Å². The van der Waals surface area contributed by atoms with Crippen LogP contribution in [0.4, 0.5) is 5.82 Å². The Kier molecular flexibility index (Phi) is 3.74. The molecule has 4 rings (SSSR count). The summed E-state index contributed by atoms with van der Waals surface area (Å²) in [5.74, 6) is 0.715. The molecular formula is C18H15N5O2. The molecule has 3 aromatic heterocycles. The van der Waals surface area contributed by atoms with Gasteiger partial charge in [0.15, 0.2) is 11.5 Å². The third kappa shape index (κ3) is 3.12. The maximum atomic E-state index is 12.3. The smallest absolute Gasteiger partial charge is 0.258 e. The average molecular weight is 333 g/mol. The zero-order chi connectivity index (χ0) is 17.2. The van der Waals surface area contributed by atoms with Gasteiger partial charge in [0.25, 0.3) is 5.91 Å². The van der Waals surface area contributed by atoms with Gasteiger partial charge in [-0.15, -0.1) is 0 Å². The Balaban J connectivity index is 1.57. The lowest BCUT2D eigenvalue weighted by Gasteiger charge is -2.04. The van der Waals surface area contributed by atoms with Gasteiger partial charge in [0.1, 0.15) is 5.76 Å². The Morgan fingerprint density at radius 1 is 1.20 bits per heavy atom. The van der Waals surface area contributed by atoms with Crippen molar-refractivity contribution in [1.82, 2.24) is 19.9 Å². The van der Waals surface area contributed by atoms with Gasteiger partial charge in [-0.2, -0.15) is 5.10 Å². The SMILES string of the molecule is Cc1cc(NC(=O)c2cnc3c(cnn3Cc3ccccc3)c2)no1. The summed E-state index contributed by atoms with van der Waals surface area (Å²) >= 11 is 0. The van der Waals surface area contributed by atoms with Crippen molar-refractivity contribution in [3.05, 3.63) is 71.7 Å². The Morgan fingerprint density at radius 2 is 2.04 bits per heavy atom. The number of benzene rings is 1. The molecule has 1 aromatic carbocycles. The number of hydrogen-bond acceptors (Lipinski definition) is 5. The molecule has 0 atom stereocenters. The van der Waals surface area contributed by atoms with E-state index in [1.807, 2.05) is 35.0 Å². The highest BCUT2D eigenvalue weighted by Crippen LogP contribution is 2.16. The van der Waals surface area contributed by atoms with Crippen LogP contribution in [0.3, 0.4) is 0 Å². The highest BCUT2D eigenvalue weighted by molar-refractivity contribution is 6.05. The summed E-state index contributed by atoms with van der Waals surface area (Å²) in [6.07, 6.45) is 3.25. The summed E-state index contributed by atoms with van der Waals surface area (Å²) in [6, 6.07) is 13.4. The molecule has 0 aliphatic carbocycles. The molecule has 4 aromatic rings. The van der Waals surface area contributed by atoms with E-state index in [2.05, 4.69) is 20.6 Å². The minimum absolute atomic E-state index is 0.293. The van der Waals surface area contributed by atoms with E-state index in [-0.39, 0.29) is 5.91 Å². The number of carbonyl (C=O) groups is 1. The monoisotopic (exact) mass is 333 g/mol. The number of carbonyl (C=O) groups excluding carboxylic acids is 1. The van der Waals surface area contributed by atoms with E-state index < -0.39 is 0 Å².